The second-order valence-corrected chi connectivity index (χ2v) is 7.63. The zero-order chi connectivity index (χ0) is 11.8. The van der Waals surface area contributed by atoms with E-state index >= 15 is 0 Å². The third-order valence-corrected chi connectivity index (χ3v) is 5.37. The van der Waals surface area contributed by atoms with Crippen LogP contribution >= 0.6 is 63.7 Å². The first kappa shape index (κ1) is 13.1. The van der Waals surface area contributed by atoms with Crippen LogP contribution in [0.3, 0.4) is 0 Å². The van der Waals surface area contributed by atoms with Crippen molar-refractivity contribution in [3.8, 4) is 0 Å². The van der Waals surface area contributed by atoms with Gasteiger partial charge >= 0.3 is 0 Å². The summed E-state index contributed by atoms with van der Waals surface area (Å²) in [7, 11) is 0. The Hall–Kier alpha value is 0.620. The fourth-order valence-corrected chi connectivity index (χ4v) is 4.93. The maximum absolute atomic E-state index is 3.82. The minimum atomic E-state index is -0.136. The van der Waals surface area contributed by atoms with Gasteiger partial charge in [-0.15, -0.1) is 0 Å². The molecule has 1 aliphatic rings. The van der Waals surface area contributed by atoms with Crippen LogP contribution in [0.4, 0.5) is 0 Å². The Morgan fingerprint density at radius 3 is 2.19 bits per heavy atom. The summed E-state index contributed by atoms with van der Waals surface area (Å²) in [6.45, 7) is 0. The van der Waals surface area contributed by atoms with Crippen molar-refractivity contribution >= 4 is 63.7 Å². The van der Waals surface area contributed by atoms with Crippen LogP contribution in [0.1, 0.15) is 12.0 Å². The Bertz CT molecular complexity index is 456. The minimum absolute atomic E-state index is 0.136. The van der Waals surface area contributed by atoms with Crippen molar-refractivity contribution in [2.45, 2.75) is 10.7 Å². The molecule has 0 fully saturated rings. The first-order valence-electron chi connectivity index (χ1n) is 4.71. The first-order valence-corrected chi connectivity index (χ1v) is 7.88. The number of allylic oxidation sites excluding steroid dienone is 4. The standard InChI is InChI=1S/C12H8Br4/c13-8-4-6-12(16,7-5-8)11-9(14)2-1-3-10(11)15/h1-6H,7H2. The van der Waals surface area contributed by atoms with Gasteiger partial charge in [-0.1, -0.05) is 88.0 Å². The number of rotatable bonds is 1. The predicted octanol–water partition coefficient (Wildman–Crippen LogP) is 6.04. The SMILES string of the molecule is BrC1=CCC(Br)(c2c(Br)cccc2Br)C=C1. The van der Waals surface area contributed by atoms with E-state index in [0.29, 0.717) is 0 Å². The molecule has 0 saturated heterocycles. The number of benzene rings is 1. The van der Waals surface area contributed by atoms with Crippen LogP contribution in [0, 0.1) is 0 Å². The van der Waals surface area contributed by atoms with Crippen molar-refractivity contribution in [2.24, 2.45) is 0 Å². The summed E-state index contributed by atoms with van der Waals surface area (Å²) in [5, 5.41) is 0. The summed E-state index contributed by atoms with van der Waals surface area (Å²) in [4.78, 5) is 0. The summed E-state index contributed by atoms with van der Waals surface area (Å²) in [5.74, 6) is 0. The highest BCUT2D eigenvalue weighted by molar-refractivity contribution is 9.12. The van der Waals surface area contributed by atoms with Gasteiger partial charge in [-0.25, -0.2) is 0 Å². The summed E-state index contributed by atoms with van der Waals surface area (Å²) < 4.78 is 3.21. The van der Waals surface area contributed by atoms with Crippen LogP contribution < -0.4 is 0 Å². The molecular weight excluding hydrogens is 464 g/mol. The van der Waals surface area contributed by atoms with Crippen molar-refractivity contribution in [1.82, 2.24) is 0 Å². The Balaban J connectivity index is 2.49. The predicted molar refractivity (Wildman–Crippen MR) is 83.2 cm³/mol. The highest BCUT2D eigenvalue weighted by Crippen LogP contribution is 2.46. The first-order chi connectivity index (χ1) is 7.53. The van der Waals surface area contributed by atoms with Gasteiger partial charge < -0.3 is 0 Å². The number of hydrogen-bond acceptors (Lipinski definition) is 0. The van der Waals surface area contributed by atoms with Gasteiger partial charge in [0.1, 0.15) is 0 Å². The molecule has 1 atom stereocenters. The van der Waals surface area contributed by atoms with E-state index in [4.69, 9.17) is 0 Å². The Morgan fingerprint density at radius 1 is 1.06 bits per heavy atom. The van der Waals surface area contributed by atoms with E-state index in [9.17, 15) is 0 Å². The molecule has 1 aromatic rings. The van der Waals surface area contributed by atoms with Gasteiger partial charge in [-0.05, 0) is 18.6 Å². The zero-order valence-electron chi connectivity index (χ0n) is 8.18. The molecule has 1 unspecified atom stereocenters. The van der Waals surface area contributed by atoms with Crippen LogP contribution in [-0.2, 0) is 4.32 Å². The summed E-state index contributed by atoms with van der Waals surface area (Å²) in [6, 6.07) is 6.14. The van der Waals surface area contributed by atoms with Gasteiger partial charge in [-0.2, -0.15) is 0 Å². The van der Waals surface area contributed by atoms with Crippen LogP contribution in [0.25, 0.3) is 0 Å². The van der Waals surface area contributed by atoms with E-state index in [1.54, 1.807) is 0 Å². The molecule has 1 aromatic carbocycles. The Morgan fingerprint density at radius 2 is 1.69 bits per heavy atom. The lowest BCUT2D eigenvalue weighted by atomic mass is 9.92. The van der Waals surface area contributed by atoms with Crippen molar-refractivity contribution in [1.29, 1.82) is 0 Å². The topological polar surface area (TPSA) is 0 Å². The van der Waals surface area contributed by atoms with E-state index in [0.717, 1.165) is 19.8 Å². The lowest BCUT2D eigenvalue weighted by Gasteiger charge is -2.28. The summed E-state index contributed by atoms with van der Waals surface area (Å²) in [6.07, 6.45) is 7.33. The van der Waals surface area contributed by atoms with Crippen molar-refractivity contribution < 1.29 is 0 Å². The zero-order valence-corrected chi connectivity index (χ0v) is 14.5. The van der Waals surface area contributed by atoms with Crippen LogP contribution in [0.2, 0.25) is 0 Å². The highest BCUT2D eigenvalue weighted by atomic mass is 79.9. The maximum atomic E-state index is 3.82. The molecule has 0 aliphatic heterocycles. The summed E-state index contributed by atoms with van der Waals surface area (Å²) >= 11 is 14.5. The third-order valence-electron chi connectivity index (χ3n) is 2.48. The maximum Gasteiger partial charge on any atom is 0.0745 e. The quantitative estimate of drug-likeness (QED) is 0.438. The number of hydrogen-bond donors (Lipinski definition) is 0. The Labute approximate surface area is 129 Å². The molecule has 0 amide bonds. The summed E-state index contributed by atoms with van der Waals surface area (Å²) in [5.41, 5.74) is 1.22. The molecule has 0 radical (unpaired) electrons. The van der Waals surface area contributed by atoms with Crippen molar-refractivity contribution in [3.63, 3.8) is 0 Å². The lowest BCUT2D eigenvalue weighted by molar-refractivity contribution is 0.787. The fourth-order valence-electron chi connectivity index (χ4n) is 1.67. The van der Waals surface area contributed by atoms with Crippen molar-refractivity contribution in [2.75, 3.05) is 0 Å². The smallest absolute Gasteiger partial charge is 0.0745 e. The third kappa shape index (κ3) is 2.55. The van der Waals surface area contributed by atoms with E-state index in [1.807, 2.05) is 6.07 Å². The van der Waals surface area contributed by atoms with E-state index in [1.165, 1.54) is 5.56 Å². The molecule has 0 aromatic heterocycles. The Kier molecular flexibility index (Phi) is 4.15. The second-order valence-electron chi connectivity index (χ2n) is 3.59. The average molecular weight is 472 g/mol. The fraction of sp³-hybridized carbons (Fsp3) is 0.167. The van der Waals surface area contributed by atoms with Crippen LogP contribution in [0.15, 0.2) is 49.9 Å². The molecule has 1 aliphatic carbocycles. The molecule has 84 valence electrons. The van der Waals surface area contributed by atoms with Gasteiger partial charge in [0.2, 0.25) is 0 Å². The van der Waals surface area contributed by atoms with Gasteiger partial charge in [0.05, 0.1) is 4.32 Å². The molecule has 2 rings (SSSR count). The second kappa shape index (κ2) is 5.09. The highest BCUT2D eigenvalue weighted by Gasteiger charge is 2.30. The van der Waals surface area contributed by atoms with E-state index in [-0.39, 0.29) is 4.32 Å². The normalized spacial score (nSPS) is 24.4. The molecule has 0 saturated carbocycles. The molecule has 4 heteroatoms. The largest absolute Gasteiger partial charge is 0.0751 e. The number of alkyl halides is 1. The van der Waals surface area contributed by atoms with Gasteiger partial charge in [0.15, 0.2) is 0 Å². The van der Waals surface area contributed by atoms with Gasteiger partial charge in [0.25, 0.3) is 0 Å². The van der Waals surface area contributed by atoms with Crippen molar-refractivity contribution in [3.05, 3.63) is 55.4 Å². The molecular formula is C12H8Br4. The van der Waals surface area contributed by atoms with Gasteiger partial charge in [-0.3, -0.25) is 0 Å². The van der Waals surface area contributed by atoms with E-state index < -0.39 is 0 Å². The molecule has 0 bridgehead atoms. The molecule has 0 N–H and O–H groups in total. The lowest BCUT2D eigenvalue weighted by Crippen LogP contribution is -2.17. The monoisotopic (exact) mass is 468 g/mol. The molecule has 16 heavy (non-hydrogen) atoms. The minimum Gasteiger partial charge on any atom is -0.0751 e. The molecule has 0 nitrogen and oxygen atoms in total. The molecule has 0 spiro atoms. The molecule has 0 heterocycles. The van der Waals surface area contributed by atoms with E-state index in [2.05, 4.69) is 94.1 Å². The average Bonchev–Trinajstić information content (AvgIpc) is 2.23. The number of halogens is 4. The van der Waals surface area contributed by atoms with Crippen LogP contribution in [0.5, 0.6) is 0 Å². The van der Waals surface area contributed by atoms with Gasteiger partial charge in [0, 0.05) is 19.0 Å². The van der Waals surface area contributed by atoms with Crippen LogP contribution in [-0.4, -0.2) is 0 Å².